The lowest BCUT2D eigenvalue weighted by molar-refractivity contribution is 0.102. The fraction of sp³-hybridized carbons (Fsp3) is 0.263. The number of thioether (sulfide) groups is 1. The molecule has 1 amide bonds. The molecular formula is C19H20N2O2S. The van der Waals surface area contributed by atoms with Gasteiger partial charge >= 0.3 is 0 Å². The van der Waals surface area contributed by atoms with E-state index >= 15 is 0 Å². The van der Waals surface area contributed by atoms with Gasteiger partial charge in [-0.3, -0.25) is 9.79 Å². The topological polar surface area (TPSA) is 50.7 Å². The number of methoxy groups -OCH3 is 1. The van der Waals surface area contributed by atoms with Gasteiger partial charge in [0.1, 0.15) is 5.75 Å². The molecular weight excluding hydrogens is 320 g/mol. The predicted molar refractivity (Wildman–Crippen MR) is 100 cm³/mol. The van der Waals surface area contributed by atoms with E-state index in [2.05, 4.69) is 10.3 Å². The summed E-state index contributed by atoms with van der Waals surface area (Å²) >= 11 is 1.79. The first-order chi connectivity index (χ1) is 11.6. The molecule has 2 aromatic carbocycles. The fourth-order valence-corrected chi connectivity index (χ4v) is 3.54. The van der Waals surface area contributed by atoms with E-state index in [0.29, 0.717) is 5.56 Å². The molecule has 2 aromatic rings. The van der Waals surface area contributed by atoms with Gasteiger partial charge in [0.05, 0.1) is 18.2 Å². The Hall–Kier alpha value is -2.27. The van der Waals surface area contributed by atoms with Crippen molar-refractivity contribution in [3.63, 3.8) is 0 Å². The van der Waals surface area contributed by atoms with Gasteiger partial charge in [-0.05, 0) is 55.3 Å². The molecule has 1 aliphatic heterocycles. The van der Waals surface area contributed by atoms with E-state index in [1.54, 1.807) is 31.0 Å². The lowest BCUT2D eigenvalue weighted by Gasteiger charge is -2.11. The van der Waals surface area contributed by atoms with Crippen LogP contribution in [0.25, 0.3) is 0 Å². The Kier molecular flexibility index (Phi) is 4.90. The van der Waals surface area contributed by atoms with Crippen molar-refractivity contribution < 1.29 is 9.53 Å². The second-order valence-electron chi connectivity index (χ2n) is 5.73. The Bertz CT molecular complexity index is 784. The van der Waals surface area contributed by atoms with Gasteiger partial charge in [0.25, 0.3) is 5.91 Å². The third-order valence-electron chi connectivity index (χ3n) is 4.02. The van der Waals surface area contributed by atoms with E-state index < -0.39 is 0 Å². The van der Waals surface area contributed by atoms with Crippen molar-refractivity contribution in [3.8, 4) is 5.75 Å². The van der Waals surface area contributed by atoms with Gasteiger partial charge in [-0.15, -0.1) is 11.8 Å². The number of ether oxygens (including phenoxy) is 1. The van der Waals surface area contributed by atoms with Gasteiger partial charge in [-0.25, -0.2) is 0 Å². The molecule has 4 nitrogen and oxygen atoms in total. The smallest absolute Gasteiger partial charge is 0.255 e. The van der Waals surface area contributed by atoms with Gasteiger partial charge in [0, 0.05) is 17.0 Å². The van der Waals surface area contributed by atoms with Crippen LogP contribution >= 0.6 is 11.8 Å². The van der Waals surface area contributed by atoms with Crippen molar-refractivity contribution >= 4 is 28.4 Å². The van der Waals surface area contributed by atoms with Crippen LogP contribution < -0.4 is 10.1 Å². The molecule has 0 radical (unpaired) electrons. The minimum Gasteiger partial charge on any atom is -0.497 e. The summed E-state index contributed by atoms with van der Waals surface area (Å²) in [4.78, 5) is 17.0. The summed E-state index contributed by atoms with van der Waals surface area (Å²) in [7, 11) is 1.62. The zero-order valence-corrected chi connectivity index (χ0v) is 14.8. The molecule has 0 spiro atoms. The summed E-state index contributed by atoms with van der Waals surface area (Å²) in [5, 5.41) is 4.07. The molecule has 24 heavy (non-hydrogen) atoms. The second-order valence-corrected chi connectivity index (χ2v) is 6.94. The Balaban J connectivity index is 1.71. The lowest BCUT2D eigenvalue weighted by Crippen LogP contribution is -2.13. The van der Waals surface area contributed by atoms with Gasteiger partial charge in [-0.1, -0.05) is 12.1 Å². The molecule has 1 N–H and O–H groups in total. The minimum atomic E-state index is -0.117. The Morgan fingerprint density at radius 3 is 2.54 bits per heavy atom. The van der Waals surface area contributed by atoms with Gasteiger partial charge < -0.3 is 10.1 Å². The first-order valence-electron chi connectivity index (χ1n) is 7.80. The molecule has 1 aliphatic rings. The molecule has 5 heteroatoms. The van der Waals surface area contributed by atoms with Crippen molar-refractivity contribution in [1.82, 2.24) is 0 Å². The fourth-order valence-electron chi connectivity index (χ4n) is 2.67. The highest BCUT2D eigenvalue weighted by atomic mass is 32.2. The number of nitrogens with one attached hydrogen (secondary N) is 1. The first-order valence-corrected chi connectivity index (χ1v) is 8.78. The number of hydrogen-bond acceptors (Lipinski definition) is 4. The average molecular weight is 340 g/mol. The third-order valence-corrected chi connectivity index (χ3v) is 5.02. The zero-order valence-electron chi connectivity index (χ0n) is 14.0. The molecule has 1 heterocycles. The number of aliphatic imine (C=N–C) groups is 1. The van der Waals surface area contributed by atoms with E-state index in [1.165, 1.54) is 5.56 Å². The molecule has 1 atom stereocenters. The van der Waals surface area contributed by atoms with E-state index in [1.807, 2.05) is 44.2 Å². The number of anilines is 1. The van der Waals surface area contributed by atoms with Gasteiger partial charge in [0.2, 0.25) is 0 Å². The molecule has 0 aliphatic carbocycles. The van der Waals surface area contributed by atoms with E-state index in [9.17, 15) is 4.79 Å². The van der Waals surface area contributed by atoms with Crippen LogP contribution in [0.2, 0.25) is 0 Å². The average Bonchev–Trinajstić information content (AvgIpc) is 3.01. The van der Waals surface area contributed by atoms with Crippen molar-refractivity contribution in [2.45, 2.75) is 19.9 Å². The number of rotatable bonds is 4. The number of hydrogen-bond donors (Lipinski definition) is 1. The number of benzene rings is 2. The van der Waals surface area contributed by atoms with E-state index in [0.717, 1.165) is 27.8 Å². The highest BCUT2D eigenvalue weighted by Gasteiger charge is 2.17. The minimum absolute atomic E-state index is 0.117. The summed E-state index contributed by atoms with van der Waals surface area (Å²) in [6.07, 6.45) is 0. The standard InChI is InChI=1S/C19H20N2O2S/c1-12-10-16(23-3)8-9-17(12)19(22)21-15-6-4-14(5-7-15)18-11-24-13(2)20-18/h4-10,18H,11H2,1-3H3,(H,21,22). The predicted octanol–water partition coefficient (Wildman–Crippen LogP) is 4.46. The maximum absolute atomic E-state index is 12.4. The number of carbonyl (C=O) groups is 1. The van der Waals surface area contributed by atoms with Crippen LogP contribution in [0.3, 0.4) is 0 Å². The molecule has 0 saturated heterocycles. The van der Waals surface area contributed by atoms with Gasteiger partial charge in [0.15, 0.2) is 0 Å². The summed E-state index contributed by atoms with van der Waals surface area (Å²) in [6, 6.07) is 13.6. The van der Waals surface area contributed by atoms with Gasteiger partial charge in [-0.2, -0.15) is 0 Å². The second kappa shape index (κ2) is 7.09. The number of carbonyl (C=O) groups excluding carboxylic acids is 1. The van der Waals surface area contributed by atoms with Crippen LogP contribution in [0.15, 0.2) is 47.5 Å². The summed E-state index contributed by atoms with van der Waals surface area (Å²) < 4.78 is 5.17. The number of nitrogens with zero attached hydrogens (tertiary/aromatic N) is 1. The number of amides is 1. The van der Waals surface area contributed by atoms with Crippen molar-refractivity contribution in [2.24, 2.45) is 4.99 Å². The van der Waals surface area contributed by atoms with Crippen molar-refractivity contribution in [1.29, 1.82) is 0 Å². The summed E-state index contributed by atoms with van der Waals surface area (Å²) in [5.41, 5.74) is 3.49. The Morgan fingerprint density at radius 2 is 1.96 bits per heavy atom. The van der Waals surface area contributed by atoms with Crippen LogP contribution in [-0.4, -0.2) is 23.8 Å². The highest BCUT2D eigenvalue weighted by Crippen LogP contribution is 2.30. The largest absolute Gasteiger partial charge is 0.497 e. The summed E-state index contributed by atoms with van der Waals surface area (Å²) in [5.74, 6) is 1.62. The van der Waals surface area contributed by atoms with E-state index in [-0.39, 0.29) is 11.9 Å². The lowest BCUT2D eigenvalue weighted by atomic mass is 10.1. The molecule has 1 unspecified atom stereocenters. The van der Waals surface area contributed by atoms with E-state index in [4.69, 9.17) is 4.74 Å². The van der Waals surface area contributed by atoms with Crippen LogP contribution in [0.1, 0.15) is 34.5 Å². The molecule has 0 saturated carbocycles. The quantitative estimate of drug-likeness (QED) is 0.894. The van der Waals surface area contributed by atoms with Crippen molar-refractivity contribution in [2.75, 3.05) is 18.2 Å². The SMILES string of the molecule is COc1ccc(C(=O)Nc2ccc(C3CSC(C)=N3)cc2)c(C)c1. The maximum atomic E-state index is 12.4. The number of aryl methyl sites for hydroxylation is 1. The monoisotopic (exact) mass is 340 g/mol. The molecule has 124 valence electrons. The first kappa shape index (κ1) is 16.6. The normalized spacial score (nSPS) is 16.6. The highest BCUT2D eigenvalue weighted by molar-refractivity contribution is 8.14. The van der Waals surface area contributed by atoms with Crippen LogP contribution in [0, 0.1) is 6.92 Å². The summed E-state index contributed by atoms with van der Waals surface area (Å²) in [6.45, 7) is 3.94. The third kappa shape index (κ3) is 3.62. The van der Waals surface area contributed by atoms with Crippen LogP contribution in [-0.2, 0) is 0 Å². The molecule has 0 aromatic heterocycles. The van der Waals surface area contributed by atoms with Crippen LogP contribution in [0.4, 0.5) is 5.69 Å². The molecule has 0 bridgehead atoms. The Morgan fingerprint density at radius 1 is 1.21 bits per heavy atom. The molecule has 3 rings (SSSR count). The zero-order chi connectivity index (χ0) is 17.1. The van der Waals surface area contributed by atoms with Crippen molar-refractivity contribution in [3.05, 3.63) is 59.2 Å². The maximum Gasteiger partial charge on any atom is 0.255 e. The Labute approximate surface area is 146 Å². The van der Waals surface area contributed by atoms with Crippen LogP contribution in [0.5, 0.6) is 5.75 Å². The molecule has 0 fully saturated rings.